The van der Waals surface area contributed by atoms with Crippen LogP contribution in [0.25, 0.3) is 0 Å². The molecule has 0 aliphatic carbocycles. The number of hydrogen-bond donors (Lipinski definition) is 3. The molecule has 174 valence electrons. The summed E-state index contributed by atoms with van der Waals surface area (Å²) >= 11 is 10.6. The zero-order valence-electron chi connectivity index (χ0n) is 17.0. The van der Waals surface area contributed by atoms with Gasteiger partial charge in [-0.05, 0) is 36.3 Å². The molecule has 11 nitrogen and oxygen atoms in total. The summed E-state index contributed by atoms with van der Waals surface area (Å²) in [5.74, 6) is -0.286. The molecule has 0 saturated carbocycles. The van der Waals surface area contributed by atoms with E-state index in [-0.39, 0.29) is 24.6 Å². The summed E-state index contributed by atoms with van der Waals surface area (Å²) < 4.78 is 22.3. The highest BCUT2D eigenvalue weighted by atomic mass is 35.9. The van der Waals surface area contributed by atoms with Crippen molar-refractivity contribution < 1.29 is 28.8 Å². The average molecular weight is 500 g/mol. The van der Waals surface area contributed by atoms with Crippen LogP contribution in [0.3, 0.4) is 0 Å². The molecule has 2 rings (SSSR count). The number of allylic oxidation sites excluding steroid dienone is 1. The van der Waals surface area contributed by atoms with Gasteiger partial charge in [0.2, 0.25) is 5.91 Å². The number of nitrogens with zero attached hydrogens (tertiary/aromatic N) is 2. The number of aliphatic hydroxyl groups is 2. The maximum absolute atomic E-state index is 12.3. The smallest absolute Gasteiger partial charge is 0.380 e. The number of aromatic amines is 1. The van der Waals surface area contributed by atoms with Gasteiger partial charge >= 0.3 is 11.8 Å². The van der Waals surface area contributed by atoms with Crippen molar-refractivity contribution in [2.75, 3.05) is 13.2 Å². The van der Waals surface area contributed by atoms with Crippen molar-refractivity contribution in [1.82, 2.24) is 14.5 Å². The standard InChI is InChI=1S/C17H24Cl2N3O8P/c1-9(2)4-5-21(10(3)23)6-11-7-22(17(27)20-15(11)26)16-14(25)13(24)12(30-16)8-29-31(18,19)28/h4,7,12-14,16,24-25H,5-6,8H2,1-3H3,(H,20,26,27)/t12-,13?,14+,16-/m1/s1. The van der Waals surface area contributed by atoms with E-state index in [0.29, 0.717) is 0 Å². The van der Waals surface area contributed by atoms with Gasteiger partial charge in [0.15, 0.2) is 6.23 Å². The number of H-pyrrole nitrogens is 1. The highest BCUT2D eigenvalue weighted by molar-refractivity contribution is 8.05. The van der Waals surface area contributed by atoms with Crippen LogP contribution in [0, 0.1) is 0 Å². The van der Waals surface area contributed by atoms with Gasteiger partial charge in [-0.2, -0.15) is 0 Å². The van der Waals surface area contributed by atoms with E-state index < -0.39 is 48.5 Å². The zero-order chi connectivity index (χ0) is 23.5. The van der Waals surface area contributed by atoms with Crippen molar-refractivity contribution >= 4 is 34.5 Å². The molecule has 0 bridgehead atoms. The number of hydrogen-bond acceptors (Lipinski definition) is 8. The lowest BCUT2D eigenvalue weighted by atomic mass is 10.1. The van der Waals surface area contributed by atoms with Crippen LogP contribution < -0.4 is 11.2 Å². The number of carbonyl (C=O) groups excluding carboxylic acids is 1. The van der Waals surface area contributed by atoms with Crippen molar-refractivity contribution in [1.29, 1.82) is 0 Å². The van der Waals surface area contributed by atoms with Gasteiger partial charge in [0, 0.05) is 19.7 Å². The molecule has 1 aromatic rings. The van der Waals surface area contributed by atoms with Gasteiger partial charge in [0.25, 0.3) is 5.56 Å². The Morgan fingerprint density at radius 1 is 1.32 bits per heavy atom. The molecule has 1 aliphatic heterocycles. The minimum Gasteiger partial charge on any atom is -0.387 e. The Morgan fingerprint density at radius 3 is 2.52 bits per heavy atom. The molecule has 1 aliphatic rings. The van der Waals surface area contributed by atoms with Crippen LogP contribution in [0.15, 0.2) is 27.4 Å². The molecule has 1 aromatic heterocycles. The number of aromatic nitrogens is 2. The minimum atomic E-state index is -3.91. The third kappa shape index (κ3) is 7.01. The summed E-state index contributed by atoms with van der Waals surface area (Å²) in [5.41, 5.74) is -0.560. The molecular formula is C17H24Cl2N3O8P. The molecule has 4 atom stereocenters. The predicted molar refractivity (Wildman–Crippen MR) is 113 cm³/mol. The minimum absolute atomic E-state index is 0.0629. The summed E-state index contributed by atoms with van der Waals surface area (Å²) in [7, 11) is 0. The lowest BCUT2D eigenvalue weighted by molar-refractivity contribution is -0.128. The van der Waals surface area contributed by atoms with Gasteiger partial charge in [-0.15, -0.1) is 0 Å². The summed E-state index contributed by atoms with van der Waals surface area (Å²) in [6, 6.07) is 0. The molecule has 1 saturated heterocycles. The van der Waals surface area contributed by atoms with Gasteiger partial charge in [0.1, 0.15) is 18.3 Å². The fraction of sp³-hybridized carbons (Fsp3) is 0.588. The Bertz CT molecular complexity index is 1000. The van der Waals surface area contributed by atoms with E-state index in [1.807, 2.05) is 19.9 Å². The average Bonchev–Trinajstić information content (AvgIpc) is 2.92. The van der Waals surface area contributed by atoms with Crippen molar-refractivity contribution in [2.45, 2.75) is 51.9 Å². The number of ether oxygens (including phenoxy) is 1. The highest BCUT2D eigenvalue weighted by Gasteiger charge is 2.45. The normalized spacial score (nSPS) is 23.6. The molecule has 0 aromatic carbocycles. The van der Waals surface area contributed by atoms with Gasteiger partial charge in [-0.1, -0.05) is 11.6 Å². The molecule has 3 N–H and O–H groups in total. The van der Waals surface area contributed by atoms with Crippen LogP contribution in [0.4, 0.5) is 0 Å². The first kappa shape index (κ1) is 25.8. The summed E-state index contributed by atoms with van der Waals surface area (Å²) in [5, 5.41) is 20.5. The Hall–Kier alpha value is -1.46. The van der Waals surface area contributed by atoms with E-state index >= 15 is 0 Å². The van der Waals surface area contributed by atoms with Crippen LogP contribution in [0.5, 0.6) is 0 Å². The number of halogens is 2. The second kappa shape index (κ2) is 10.4. The zero-order valence-corrected chi connectivity index (χ0v) is 19.4. The Morgan fingerprint density at radius 2 is 1.97 bits per heavy atom. The second-order valence-electron chi connectivity index (χ2n) is 7.26. The summed E-state index contributed by atoms with van der Waals surface area (Å²) in [6.45, 7) is 4.72. The van der Waals surface area contributed by atoms with Crippen molar-refractivity contribution in [2.24, 2.45) is 0 Å². The Labute approximate surface area is 187 Å². The fourth-order valence-electron chi connectivity index (χ4n) is 2.89. The first-order valence-electron chi connectivity index (χ1n) is 9.19. The number of aliphatic hydroxyl groups excluding tert-OH is 2. The molecule has 14 heteroatoms. The number of rotatable bonds is 8. The predicted octanol–water partition coefficient (Wildman–Crippen LogP) is 1.07. The first-order chi connectivity index (χ1) is 14.3. The lowest BCUT2D eigenvalue weighted by Crippen LogP contribution is -2.40. The third-order valence-corrected chi connectivity index (χ3v) is 5.60. The van der Waals surface area contributed by atoms with E-state index in [2.05, 4.69) is 4.98 Å². The van der Waals surface area contributed by atoms with Gasteiger partial charge in [-0.3, -0.25) is 23.7 Å². The summed E-state index contributed by atoms with van der Waals surface area (Å²) in [6.07, 6.45) is -6.62. The van der Waals surface area contributed by atoms with Crippen molar-refractivity contribution in [3.63, 3.8) is 0 Å². The Balaban J connectivity index is 2.30. The summed E-state index contributed by atoms with van der Waals surface area (Å²) in [4.78, 5) is 40.0. The van der Waals surface area contributed by atoms with E-state index in [1.165, 1.54) is 11.8 Å². The van der Waals surface area contributed by atoms with E-state index in [0.717, 1.165) is 16.3 Å². The SMILES string of the molecule is CC(=O)N(CC=C(C)C)Cc1cn([C@@H]2O[C@H](COP(=O)(Cl)Cl)C(O)[C@@H]2O)c(=O)[nH]c1=O. The van der Waals surface area contributed by atoms with E-state index in [9.17, 15) is 29.2 Å². The molecule has 1 fully saturated rings. The quantitative estimate of drug-likeness (QED) is 0.354. The Kier molecular flexibility index (Phi) is 8.69. The maximum atomic E-state index is 12.3. The van der Waals surface area contributed by atoms with E-state index in [1.54, 1.807) is 0 Å². The monoisotopic (exact) mass is 499 g/mol. The molecule has 0 spiro atoms. The number of carbonyl (C=O) groups is 1. The topological polar surface area (TPSA) is 151 Å². The highest BCUT2D eigenvalue weighted by Crippen LogP contribution is 2.57. The fourth-order valence-corrected chi connectivity index (χ4v) is 3.55. The molecule has 31 heavy (non-hydrogen) atoms. The lowest BCUT2D eigenvalue weighted by Gasteiger charge is -2.21. The largest absolute Gasteiger partial charge is 0.387 e. The van der Waals surface area contributed by atoms with Crippen LogP contribution in [-0.2, 0) is 25.2 Å². The number of nitrogens with one attached hydrogen (secondary N) is 1. The van der Waals surface area contributed by atoms with Crippen LogP contribution in [-0.4, -0.2) is 62.0 Å². The number of amides is 1. The molecular weight excluding hydrogens is 476 g/mol. The van der Waals surface area contributed by atoms with Gasteiger partial charge in [0.05, 0.1) is 18.7 Å². The second-order valence-corrected chi connectivity index (χ2v) is 11.5. The first-order valence-corrected chi connectivity index (χ1v) is 12.6. The van der Waals surface area contributed by atoms with E-state index in [4.69, 9.17) is 31.7 Å². The van der Waals surface area contributed by atoms with Crippen LogP contribution in [0.2, 0.25) is 0 Å². The van der Waals surface area contributed by atoms with Gasteiger partial charge < -0.3 is 24.4 Å². The third-order valence-electron chi connectivity index (χ3n) is 4.57. The van der Waals surface area contributed by atoms with Crippen molar-refractivity contribution in [3.8, 4) is 0 Å². The molecule has 2 heterocycles. The van der Waals surface area contributed by atoms with Crippen LogP contribution >= 0.6 is 28.6 Å². The van der Waals surface area contributed by atoms with Crippen molar-refractivity contribution in [3.05, 3.63) is 44.2 Å². The maximum Gasteiger partial charge on any atom is 0.380 e. The molecule has 0 radical (unpaired) electrons. The van der Waals surface area contributed by atoms with Crippen LogP contribution in [0.1, 0.15) is 32.6 Å². The molecule has 1 unspecified atom stereocenters. The molecule has 1 amide bonds. The van der Waals surface area contributed by atoms with Gasteiger partial charge in [-0.25, -0.2) is 4.79 Å².